The zero-order chi connectivity index (χ0) is 14.8. The van der Waals surface area contributed by atoms with Gasteiger partial charge in [0.15, 0.2) is 0 Å². The summed E-state index contributed by atoms with van der Waals surface area (Å²) in [5, 5.41) is 2.88. The van der Waals surface area contributed by atoms with Crippen molar-refractivity contribution in [3.8, 4) is 5.88 Å². The van der Waals surface area contributed by atoms with Gasteiger partial charge in [0.25, 0.3) is 5.91 Å². The number of thioether (sulfide) groups is 1. The van der Waals surface area contributed by atoms with Crippen molar-refractivity contribution in [3.05, 3.63) is 32.6 Å². The molecular weight excluding hydrogens is 330 g/mol. The smallest absolute Gasteiger partial charge is 0.268 e. The van der Waals surface area contributed by atoms with Gasteiger partial charge in [0.2, 0.25) is 11.8 Å². The average molecular weight is 342 g/mol. The van der Waals surface area contributed by atoms with Crippen LogP contribution in [0, 0.1) is 0 Å². The molecule has 0 bridgehead atoms. The maximum atomic E-state index is 12.3. The summed E-state index contributed by atoms with van der Waals surface area (Å²) in [5.41, 5.74) is 1.26. The van der Waals surface area contributed by atoms with Crippen molar-refractivity contribution in [2.24, 2.45) is 0 Å². The van der Waals surface area contributed by atoms with Crippen molar-refractivity contribution in [1.82, 2.24) is 9.97 Å². The predicted molar refractivity (Wildman–Crippen MR) is 85.7 cm³/mol. The zero-order valence-corrected chi connectivity index (χ0v) is 13.6. The number of amides is 1. The van der Waals surface area contributed by atoms with Crippen LogP contribution in [-0.4, -0.2) is 28.7 Å². The fraction of sp³-hybridized carbons (Fsp3) is 0.308. The molecule has 0 saturated carbocycles. The molecule has 0 atom stereocenters. The molecule has 1 aliphatic heterocycles. The van der Waals surface area contributed by atoms with E-state index in [1.807, 2.05) is 17.8 Å². The summed E-state index contributed by atoms with van der Waals surface area (Å²) in [6.45, 7) is 0. The van der Waals surface area contributed by atoms with Crippen LogP contribution in [0.5, 0.6) is 5.88 Å². The second-order valence-electron chi connectivity index (χ2n) is 4.37. The van der Waals surface area contributed by atoms with E-state index in [9.17, 15) is 4.79 Å². The van der Waals surface area contributed by atoms with Crippen LogP contribution < -0.4 is 10.1 Å². The normalized spacial score (nSPS) is 13.6. The Morgan fingerprint density at radius 2 is 2.29 bits per heavy atom. The van der Waals surface area contributed by atoms with Crippen molar-refractivity contribution in [3.63, 3.8) is 0 Å². The number of rotatable bonds is 3. The lowest BCUT2D eigenvalue weighted by atomic mass is 10.2. The van der Waals surface area contributed by atoms with Gasteiger partial charge in [-0.15, -0.1) is 11.3 Å². The van der Waals surface area contributed by atoms with Gasteiger partial charge in [-0.3, -0.25) is 10.1 Å². The largest absolute Gasteiger partial charge is 0.481 e. The SMILES string of the molecule is COc1cc(Cl)nc(NC(=O)c2cc3c(s2)CCSC3)n1. The first-order valence-corrected chi connectivity index (χ1v) is 8.60. The van der Waals surface area contributed by atoms with Crippen LogP contribution in [0.15, 0.2) is 12.1 Å². The number of aryl methyl sites for hydroxylation is 1. The maximum Gasteiger partial charge on any atom is 0.268 e. The standard InChI is InChI=1S/C13H12ClN3O2S2/c1-19-11-5-10(14)15-13(16-11)17-12(18)9-4-7-6-20-3-2-8(7)21-9/h4-5H,2-3,6H2,1H3,(H,15,16,17,18). The lowest BCUT2D eigenvalue weighted by Gasteiger charge is -2.08. The first-order valence-electron chi connectivity index (χ1n) is 6.25. The highest BCUT2D eigenvalue weighted by atomic mass is 35.5. The molecule has 21 heavy (non-hydrogen) atoms. The number of thiophene rings is 1. The Morgan fingerprint density at radius 3 is 3.05 bits per heavy atom. The van der Waals surface area contributed by atoms with E-state index in [0.29, 0.717) is 10.8 Å². The van der Waals surface area contributed by atoms with Crippen LogP contribution in [0.25, 0.3) is 0 Å². The van der Waals surface area contributed by atoms with E-state index in [1.54, 1.807) is 0 Å². The van der Waals surface area contributed by atoms with Crippen LogP contribution in [-0.2, 0) is 12.2 Å². The second kappa shape index (κ2) is 6.21. The molecule has 1 amide bonds. The Kier molecular flexibility index (Phi) is 4.32. The number of anilines is 1. The lowest BCUT2D eigenvalue weighted by Crippen LogP contribution is -2.13. The molecule has 5 nitrogen and oxygen atoms in total. The van der Waals surface area contributed by atoms with E-state index in [0.717, 1.165) is 17.9 Å². The summed E-state index contributed by atoms with van der Waals surface area (Å²) in [6, 6.07) is 3.43. The van der Waals surface area contributed by atoms with Crippen molar-refractivity contribution in [2.75, 3.05) is 18.2 Å². The summed E-state index contributed by atoms with van der Waals surface area (Å²) in [4.78, 5) is 22.3. The number of methoxy groups -OCH3 is 1. The Bertz CT molecular complexity index is 667. The minimum Gasteiger partial charge on any atom is -0.481 e. The molecule has 0 radical (unpaired) electrons. The molecule has 3 rings (SSSR count). The van der Waals surface area contributed by atoms with Crippen molar-refractivity contribution >= 4 is 46.6 Å². The predicted octanol–water partition coefficient (Wildman–Crippen LogP) is 3.24. The first kappa shape index (κ1) is 14.6. The van der Waals surface area contributed by atoms with Crippen LogP contribution in [0.1, 0.15) is 20.1 Å². The highest BCUT2D eigenvalue weighted by Crippen LogP contribution is 2.32. The number of fused-ring (bicyclic) bond motifs is 1. The highest BCUT2D eigenvalue weighted by Gasteiger charge is 2.18. The summed E-state index contributed by atoms with van der Waals surface area (Å²) >= 11 is 9.28. The third-order valence-electron chi connectivity index (χ3n) is 2.96. The van der Waals surface area contributed by atoms with Gasteiger partial charge in [0, 0.05) is 16.7 Å². The molecule has 8 heteroatoms. The molecule has 1 N–H and O–H groups in total. The number of halogens is 1. The fourth-order valence-electron chi connectivity index (χ4n) is 1.98. The van der Waals surface area contributed by atoms with Gasteiger partial charge in [0.1, 0.15) is 5.15 Å². The second-order valence-corrected chi connectivity index (χ2v) is 7.00. The highest BCUT2D eigenvalue weighted by molar-refractivity contribution is 7.98. The maximum absolute atomic E-state index is 12.3. The molecule has 0 spiro atoms. The minimum absolute atomic E-state index is 0.144. The first-order chi connectivity index (χ1) is 10.2. The molecule has 110 valence electrons. The Balaban J connectivity index is 1.80. The summed E-state index contributed by atoms with van der Waals surface area (Å²) in [5.74, 6) is 2.32. The van der Waals surface area contributed by atoms with Gasteiger partial charge < -0.3 is 4.74 Å². The monoisotopic (exact) mass is 341 g/mol. The molecule has 0 saturated heterocycles. The van der Waals surface area contributed by atoms with E-state index in [4.69, 9.17) is 16.3 Å². The zero-order valence-electron chi connectivity index (χ0n) is 11.2. The molecule has 0 aromatic carbocycles. The molecule has 0 aliphatic carbocycles. The quantitative estimate of drug-likeness (QED) is 0.868. The minimum atomic E-state index is -0.219. The Hall–Kier alpha value is -1.31. The summed E-state index contributed by atoms with van der Waals surface area (Å²) < 4.78 is 5.00. The number of aromatic nitrogens is 2. The van der Waals surface area contributed by atoms with Crippen molar-refractivity contribution in [2.45, 2.75) is 12.2 Å². The van der Waals surface area contributed by atoms with Crippen LogP contribution in [0.3, 0.4) is 0 Å². The lowest BCUT2D eigenvalue weighted by molar-refractivity contribution is 0.102. The number of carbonyl (C=O) groups excluding carboxylic acids is 1. The Labute approximate surface area is 135 Å². The molecule has 0 unspecified atom stereocenters. The van der Waals surface area contributed by atoms with Crippen molar-refractivity contribution < 1.29 is 9.53 Å². The van der Waals surface area contributed by atoms with Gasteiger partial charge in [-0.25, -0.2) is 4.98 Å². The third-order valence-corrected chi connectivity index (χ3v) is 5.39. The van der Waals surface area contributed by atoms with Gasteiger partial charge in [-0.2, -0.15) is 16.7 Å². The van der Waals surface area contributed by atoms with Crippen molar-refractivity contribution in [1.29, 1.82) is 0 Å². The summed E-state index contributed by atoms with van der Waals surface area (Å²) in [6.07, 6.45) is 1.03. The van der Waals surface area contributed by atoms with E-state index < -0.39 is 0 Å². The molecule has 3 heterocycles. The fourth-order valence-corrected chi connectivity index (χ4v) is 4.42. The molecule has 2 aromatic rings. The van der Waals surface area contributed by atoms with E-state index in [1.165, 1.54) is 35.0 Å². The third kappa shape index (κ3) is 3.30. The average Bonchev–Trinajstić information content (AvgIpc) is 2.90. The molecule has 1 aliphatic rings. The number of carbonyl (C=O) groups is 1. The van der Waals surface area contributed by atoms with E-state index in [-0.39, 0.29) is 17.0 Å². The van der Waals surface area contributed by atoms with E-state index in [2.05, 4.69) is 15.3 Å². The molecular formula is C13H12ClN3O2S2. The number of nitrogens with one attached hydrogen (secondary N) is 1. The molecule has 0 fully saturated rings. The van der Waals surface area contributed by atoms with Gasteiger partial charge in [0.05, 0.1) is 12.0 Å². The van der Waals surface area contributed by atoms with Gasteiger partial charge in [-0.05, 0) is 23.8 Å². The van der Waals surface area contributed by atoms with E-state index >= 15 is 0 Å². The molecule has 2 aromatic heterocycles. The number of nitrogens with zero attached hydrogens (tertiary/aromatic N) is 2. The summed E-state index contributed by atoms with van der Waals surface area (Å²) in [7, 11) is 1.48. The van der Waals surface area contributed by atoms with Crippen LogP contribution in [0.4, 0.5) is 5.95 Å². The van der Waals surface area contributed by atoms with Crippen LogP contribution >= 0.6 is 34.7 Å². The van der Waals surface area contributed by atoms with Gasteiger partial charge in [-0.1, -0.05) is 11.6 Å². The van der Waals surface area contributed by atoms with Gasteiger partial charge >= 0.3 is 0 Å². The number of hydrogen-bond donors (Lipinski definition) is 1. The topological polar surface area (TPSA) is 64.1 Å². The number of ether oxygens (including phenoxy) is 1. The Morgan fingerprint density at radius 1 is 1.43 bits per heavy atom. The van der Waals surface area contributed by atoms with Crippen LogP contribution in [0.2, 0.25) is 5.15 Å². The number of hydrogen-bond acceptors (Lipinski definition) is 6.